The monoisotopic (exact) mass is 298 g/mol. The van der Waals surface area contributed by atoms with Crippen molar-refractivity contribution in [1.82, 2.24) is 9.80 Å². The molecule has 0 bridgehead atoms. The lowest BCUT2D eigenvalue weighted by molar-refractivity contribution is -0.137. The van der Waals surface area contributed by atoms with Gasteiger partial charge < -0.3 is 9.64 Å². The lowest BCUT2D eigenvalue weighted by Crippen LogP contribution is -2.62. The normalized spacial score (nSPS) is 19.7. The number of hydrogen-bond acceptors (Lipinski definition) is 3. The fourth-order valence-corrected chi connectivity index (χ4v) is 2.74. The summed E-state index contributed by atoms with van der Waals surface area (Å²) in [6.45, 7) is 11.7. The van der Waals surface area contributed by atoms with Crippen molar-refractivity contribution in [1.29, 1.82) is 0 Å². The molecule has 2 rings (SSSR count). The Morgan fingerprint density at radius 1 is 1.00 bits per heavy atom. The number of likely N-dealkylation sites (tertiary alicyclic amines) is 1. The van der Waals surface area contributed by atoms with Crippen molar-refractivity contribution >= 4 is 5.91 Å². The van der Waals surface area contributed by atoms with Gasteiger partial charge in [0.1, 0.15) is 0 Å². The summed E-state index contributed by atoms with van der Waals surface area (Å²) in [7, 11) is 0. The third-order valence-corrected chi connectivity index (χ3v) is 4.33. The fourth-order valence-electron chi connectivity index (χ4n) is 2.74. The van der Waals surface area contributed by atoms with E-state index >= 15 is 0 Å². The first kappa shape index (κ1) is 18.4. The maximum absolute atomic E-state index is 10.9. The molecule has 0 N–H and O–H groups in total. The summed E-state index contributed by atoms with van der Waals surface area (Å²) in [5.74, 6) is 0.199. The quantitative estimate of drug-likeness (QED) is 0.707. The Morgan fingerprint density at radius 2 is 1.52 bits per heavy atom. The van der Waals surface area contributed by atoms with E-state index in [1.807, 2.05) is 4.90 Å². The minimum atomic E-state index is 0.199. The van der Waals surface area contributed by atoms with Crippen LogP contribution >= 0.6 is 0 Å². The van der Waals surface area contributed by atoms with Gasteiger partial charge in [0.15, 0.2) is 0 Å². The van der Waals surface area contributed by atoms with Crippen LogP contribution in [0.4, 0.5) is 0 Å². The summed E-state index contributed by atoms with van der Waals surface area (Å²) < 4.78 is 5.27. The molecule has 2 aliphatic rings. The Bertz CT molecular complexity index is 266. The summed E-state index contributed by atoms with van der Waals surface area (Å²) in [4.78, 5) is 15.2. The molecule has 2 fully saturated rings. The molecular weight excluding hydrogens is 264 g/mol. The number of unbranched alkanes of at least 4 members (excludes halogenated alkanes) is 5. The Balaban J connectivity index is 0.000000240. The Morgan fingerprint density at radius 3 is 1.95 bits per heavy atom. The highest BCUT2D eigenvalue weighted by atomic mass is 16.5. The first-order valence-electron chi connectivity index (χ1n) is 8.76. The van der Waals surface area contributed by atoms with Gasteiger partial charge in [-0.25, -0.2) is 0 Å². The molecule has 124 valence electrons. The van der Waals surface area contributed by atoms with E-state index in [0.29, 0.717) is 6.04 Å². The highest BCUT2D eigenvalue weighted by Crippen LogP contribution is 2.15. The number of carbonyl (C=O) groups excluding carboxylic acids is 1. The molecule has 0 saturated carbocycles. The molecule has 0 aliphatic carbocycles. The second-order valence-corrected chi connectivity index (χ2v) is 6.14. The van der Waals surface area contributed by atoms with E-state index in [0.717, 1.165) is 39.4 Å². The average Bonchev–Trinajstić information content (AvgIpc) is 2.44. The molecule has 0 radical (unpaired) electrons. The number of hydrogen-bond donors (Lipinski definition) is 0. The summed E-state index contributed by atoms with van der Waals surface area (Å²) >= 11 is 0. The van der Waals surface area contributed by atoms with E-state index in [-0.39, 0.29) is 5.91 Å². The number of rotatable bonds is 6. The van der Waals surface area contributed by atoms with Gasteiger partial charge in [0.05, 0.1) is 13.2 Å². The van der Waals surface area contributed by atoms with Gasteiger partial charge in [-0.15, -0.1) is 0 Å². The van der Waals surface area contributed by atoms with Gasteiger partial charge >= 0.3 is 0 Å². The van der Waals surface area contributed by atoms with E-state index in [2.05, 4.69) is 18.7 Å². The second-order valence-electron chi connectivity index (χ2n) is 6.14. The number of morpholine rings is 1. The zero-order valence-electron chi connectivity index (χ0n) is 14.3. The largest absolute Gasteiger partial charge is 0.379 e. The molecule has 4 heteroatoms. The molecule has 21 heavy (non-hydrogen) atoms. The van der Waals surface area contributed by atoms with Crippen LogP contribution in [-0.2, 0) is 9.53 Å². The molecule has 0 spiro atoms. The van der Waals surface area contributed by atoms with Crippen molar-refractivity contribution in [2.45, 2.75) is 65.3 Å². The molecule has 0 aromatic heterocycles. The number of nitrogens with zero attached hydrogens (tertiary/aromatic N) is 2. The number of carbonyl (C=O) groups is 1. The lowest BCUT2D eigenvalue weighted by Gasteiger charge is -2.46. The van der Waals surface area contributed by atoms with Gasteiger partial charge in [-0.3, -0.25) is 9.69 Å². The van der Waals surface area contributed by atoms with Crippen LogP contribution < -0.4 is 0 Å². The summed E-state index contributed by atoms with van der Waals surface area (Å²) in [5.41, 5.74) is 0. The van der Waals surface area contributed by atoms with Crippen LogP contribution in [0.25, 0.3) is 0 Å². The van der Waals surface area contributed by atoms with E-state index in [4.69, 9.17) is 4.74 Å². The minimum Gasteiger partial charge on any atom is -0.379 e. The van der Waals surface area contributed by atoms with Gasteiger partial charge in [0.25, 0.3) is 0 Å². The Kier molecular flexibility index (Phi) is 9.68. The van der Waals surface area contributed by atoms with Gasteiger partial charge in [0, 0.05) is 39.1 Å². The molecule has 2 aliphatic heterocycles. The summed E-state index contributed by atoms with van der Waals surface area (Å²) in [6.07, 6.45) is 8.49. The predicted octanol–water partition coefficient (Wildman–Crippen LogP) is 2.92. The van der Waals surface area contributed by atoms with Crippen LogP contribution in [0.15, 0.2) is 0 Å². The first-order valence-corrected chi connectivity index (χ1v) is 8.76. The van der Waals surface area contributed by atoms with Crippen LogP contribution in [0.5, 0.6) is 0 Å². The fraction of sp³-hybridized carbons (Fsp3) is 0.941. The molecule has 0 atom stereocenters. The molecule has 0 unspecified atom stereocenters. The van der Waals surface area contributed by atoms with Crippen LogP contribution in [0.2, 0.25) is 0 Å². The van der Waals surface area contributed by atoms with Crippen molar-refractivity contribution in [2.24, 2.45) is 0 Å². The SMILES string of the molecule is CC(=O)N1CC(N2CCOCC2)C1.CCCCCCCC. The topological polar surface area (TPSA) is 32.8 Å². The molecule has 1 amide bonds. The van der Waals surface area contributed by atoms with Gasteiger partial charge in [0.2, 0.25) is 5.91 Å². The Hall–Kier alpha value is -0.610. The van der Waals surface area contributed by atoms with Gasteiger partial charge in [-0.05, 0) is 0 Å². The third-order valence-electron chi connectivity index (χ3n) is 4.33. The zero-order chi connectivity index (χ0) is 15.5. The van der Waals surface area contributed by atoms with Crippen molar-refractivity contribution in [3.05, 3.63) is 0 Å². The second kappa shape index (κ2) is 11.0. The smallest absolute Gasteiger partial charge is 0.219 e. The highest BCUT2D eigenvalue weighted by Gasteiger charge is 2.33. The van der Waals surface area contributed by atoms with Crippen molar-refractivity contribution in [3.63, 3.8) is 0 Å². The average molecular weight is 298 g/mol. The van der Waals surface area contributed by atoms with Gasteiger partial charge in [-0.1, -0.05) is 52.4 Å². The standard InChI is InChI=1S/C9H16N2O2.C8H18/c1-8(12)11-6-9(7-11)10-2-4-13-5-3-10;1-3-5-7-8-6-4-2/h9H,2-7H2,1H3;3-8H2,1-2H3. The maximum atomic E-state index is 10.9. The van der Waals surface area contributed by atoms with Crippen molar-refractivity contribution in [2.75, 3.05) is 39.4 Å². The number of ether oxygens (including phenoxy) is 1. The van der Waals surface area contributed by atoms with Crippen LogP contribution in [0.1, 0.15) is 59.3 Å². The Labute approximate surface area is 130 Å². The van der Waals surface area contributed by atoms with Gasteiger partial charge in [-0.2, -0.15) is 0 Å². The van der Waals surface area contributed by atoms with E-state index in [9.17, 15) is 4.79 Å². The predicted molar refractivity (Wildman–Crippen MR) is 87.5 cm³/mol. The molecule has 4 nitrogen and oxygen atoms in total. The molecule has 2 heterocycles. The van der Waals surface area contributed by atoms with Crippen LogP contribution in [-0.4, -0.2) is 61.1 Å². The lowest BCUT2D eigenvalue weighted by atomic mass is 10.1. The highest BCUT2D eigenvalue weighted by molar-refractivity contribution is 5.74. The minimum absolute atomic E-state index is 0.199. The van der Waals surface area contributed by atoms with Crippen LogP contribution in [0.3, 0.4) is 0 Å². The summed E-state index contributed by atoms with van der Waals surface area (Å²) in [5, 5.41) is 0. The third kappa shape index (κ3) is 7.28. The van der Waals surface area contributed by atoms with Crippen LogP contribution in [0, 0.1) is 0 Å². The van der Waals surface area contributed by atoms with Crippen molar-refractivity contribution < 1.29 is 9.53 Å². The van der Waals surface area contributed by atoms with E-state index < -0.39 is 0 Å². The summed E-state index contributed by atoms with van der Waals surface area (Å²) in [6, 6.07) is 0.591. The zero-order valence-corrected chi connectivity index (χ0v) is 14.3. The number of amides is 1. The van der Waals surface area contributed by atoms with E-state index in [1.165, 1.54) is 38.5 Å². The molecular formula is C17H34N2O2. The van der Waals surface area contributed by atoms with Crippen molar-refractivity contribution in [3.8, 4) is 0 Å². The molecule has 0 aromatic rings. The molecule has 2 saturated heterocycles. The molecule has 0 aromatic carbocycles. The maximum Gasteiger partial charge on any atom is 0.219 e. The first-order chi connectivity index (χ1) is 10.2. The van der Waals surface area contributed by atoms with E-state index in [1.54, 1.807) is 6.92 Å².